The van der Waals surface area contributed by atoms with Gasteiger partial charge in [-0.1, -0.05) is 30.0 Å². The highest BCUT2D eigenvalue weighted by atomic mass is 16.5. The van der Waals surface area contributed by atoms with Crippen LogP contribution in [0.15, 0.2) is 30.3 Å². The Bertz CT molecular complexity index is 346. The van der Waals surface area contributed by atoms with Gasteiger partial charge in [0, 0.05) is 0 Å². The second kappa shape index (κ2) is 5.65. The van der Waals surface area contributed by atoms with Crippen LogP contribution in [0, 0.1) is 11.8 Å². The SMILES string of the molecule is O=C(O)CC#CCOc1ccccc1. The van der Waals surface area contributed by atoms with Gasteiger partial charge in [-0.15, -0.1) is 0 Å². The summed E-state index contributed by atoms with van der Waals surface area (Å²) in [4.78, 5) is 10.1. The number of benzene rings is 1. The second-order valence-corrected chi connectivity index (χ2v) is 2.53. The van der Waals surface area contributed by atoms with Crippen molar-refractivity contribution in [1.29, 1.82) is 0 Å². The Kier molecular flexibility index (Phi) is 4.09. The zero-order valence-corrected chi connectivity index (χ0v) is 7.56. The molecule has 14 heavy (non-hydrogen) atoms. The van der Waals surface area contributed by atoms with Crippen molar-refractivity contribution in [3.63, 3.8) is 0 Å². The molecule has 0 atom stereocenters. The van der Waals surface area contributed by atoms with Crippen LogP contribution in [-0.2, 0) is 4.79 Å². The Morgan fingerprint density at radius 2 is 2.00 bits per heavy atom. The molecule has 0 aromatic heterocycles. The van der Waals surface area contributed by atoms with Gasteiger partial charge in [-0.05, 0) is 12.1 Å². The predicted molar refractivity (Wildman–Crippen MR) is 52.0 cm³/mol. The molecular formula is C11H10O3. The summed E-state index contributed by atoms with van der Waals surface area (Å²) < 4.78 is 5.22. The molecule has 0 aliphatic rings. The van der Waals surface area contributed by atoms with Gasteiger partial charge in [0.1, 0.15) is 18.8 Å². The molecule has 0 unspecified atom stereocenters. The maximum Gasteiger partial charge on any atom is 0.315 e. The van der Waals surface area contributed by atoms with Crippen molar-refractivity contribution in [1.82, 2.24) is 0 Å². The molecule has 1 N–H and O–H groups in total. The van der Waals surface area contributed by atoms with E-state index in [-0.39, 0.29) is 13.0 Å². The molecule has 3 heteroatoms. The van der Waals surface area contributed by atoms with Crippen molar-refractivity contribution >= 4 is 5.97 Å². The molecule has 0 spiro atoms. The summed E-state index contributed by atoms with van der Waals surface area (Å²) in [5, 5.41) is 8.29. The minimum Gasteiger partial charge on any atom is -0.481 e. The largest absolute Gasteiger partial charge is 0.481 e. The fourth-order valence-corrected chi connectivity index (χ4v) is 0.825. The molecule has 1 aromatic carbocycles. The third-order valence-electron chi connectivity index (χ3n) is 1.42. The summed E-state index contributed by atoms with van der Waals surface area (Å²) in [6.45, 7) is 0.220. The molecule has 0 bridgehead atoms. The number of ether oxygens (including phenoxy) is 1. The van der Waals surface area contributed by atoms with Gasteiger partial charge in [-0.25, -0.2) is 0 Å². The number of rotatable bonds is 3. The van der Waals surface area contributed by atoms with E-state index in [0.717, 1.165) is 5.75 Å². The van der Waals surface area contributed by atoms with Crippen LogP contribution in [0.4, 0.5) is 0 Å². The first-order valence-corrected chi connectivity index (χ1v) is 4.14. The maximum absolute atomic E-state index is 10.1. The van der Waals surface area contributed by atoms with E-state index in [1.807, 2.05) is 30.3 Å². The van der Waals surface area contributed by atoms with Gasteiger partial charge in [0.05, 0.1) is 0 Å². The van der Waals surface area contributed by atoms with Gasteiger partial charge in [0.2, 0.25) is 0 Å². The number of carboxylic acid groups (broad SMARTS) is 1. The number of carbonyl (C=O) groups is 1. The maximum atomic E-state index is 10.1. The van der Waals surface area contributed by atoms with Gasteiger partial charge in [-0.2, -0.15) is 0 Å². The molecule has 3 nitrogen and oxygen atoms in total. The topological polar surface area (TPSA) is 46.5 Å². The molecule has 0 amide bonds. The predicted octanol–water partition coefficient (Wildman–Crippen LogP) is 1.54. The quantitative estimate of drug-likeness (QED) is 0.735. The second-order valence-electron chi connectivity index (χ2n) is 2.53. The van der Waals surface area contributed by atoms with Crippen LogP contribution in [0.25, 0.3) is 0 Å². The Hall–Kier alpha value is -1.95. The Morgan fingerprint density at radius 1 is 1.29 bits per heavy atom. The molecule has 1 aromatic rings. The number of para-hydroxylation sites is 1. The normalized spacial score (nSPS) is 8.57. The van der Waals surface area contributed by atoms with Gasteiger partial charge < -0.3 is 9.84 Å². The molecule has 1 rings (SSSR count). The summed E-state index contributed by atoms with van der Waals surface area (Å²) in [6, 6.07) is 9.25. The lowest BCUT2D eigenvalue weighted by molar-refractivity contribution is -0.135. The van der Waals surface area contributed by atoms with Crippen LogP contribution in [0.2, 0.25) is 0 Å². The number of hydrogen-bond acceptors (Lipinski definition) is 2. The van der Waals surface area contributed by atoms with Crippen LogP contribution < -0.4 is 4.74 Å². The van der Waals surface area contributed by atoms with Crippen molar-refractivity contribution in [3.05, 3.63) is 30.3 Å². The van der Waals surface area contributed by atoms with Crippen LogP contribution in [0.3, 0.4) is 0 Å². The molecule has 0 aliphatic carbocycles. The standard InChI is InChI=1S/C11H10O3/c12-11(13)8-4-5-9-14-10-6-2-1-3-7-10/h1-3,6-7H,8-9H2,(H,12,13). The van der Waals surface area contributed by atoms with Crippen LogP contribution in [-0.4, -0.2) is 17.7 Å². The van der Waals surface area contributed by atoms with E-state index in [1.165, 1.54) is 0 Å². The molecule has 0 fully saturated rings. The van der Waals surface area contributed by atoms with Crippen molar-refractivity contribution < 1.29 is 14.6 Å². The molecule has 0 saturated carbocycles. The lowest BCUT2D eigenvalue weighted by Crippen LogP contribution is -1.95. The molecule has 0 aliphatic heterocycles. The van der Waals surface area contributed by atoms with Crippen molar-refractivity contribution in [2.45, 2.75) is 6.42 Å². The zero-order valence-electron chi connectivity index (χ0n) is 7.56. The zero-order chi connectivity index (χ0) is 10.2. The van der Waals surface area contributed by atoms with Gasteiger partial charge in [-0.3, -0.25) is 4.79 Å². The Morgan fingerprint density at radius 3 is 2.64 bits per heavy atom. The van der Waals surface area contributed by atoms with E-state index in [0.29, 0.717) is 0 Å². The van der Waals surface area contributed by atoms with Gasteiger partial charge in [0.25, 0.3) is 0 Å². The third kappa shape index (κ3) is 4.17. The Labute approximate surface area is 82.3 Å². The van der Waals surface area contributed by atoms with E-state index in [9.17, 15) is 4.79 Å². The highest BCUT2D eigenvalue weighted by Gasteiger charge is 1.89. The molecule has 0 saturated heterocycles. The summed E-state index contributed by atoms with van der Waals surface area (Å²) in [7, 11) is 0. The first-order valence-electron chi connectivity index (χ1n) is 4.14. The smallest absolute Gasteiger partial charge is 0.315 e. The average Bonchev–Trinajstić information content (AvgIpc) is 2.18. The fraction of sp³-hybridized carbons (Fsp3) is 0.182. The van der Waals surface area contributed by atoms with Crippen LogP contribution in [0.1, 0.15) is 6.42 Å². The van der Waals surface area contributed by atoms with Crippen LogP contribution >= 0.6 is 0 Å². The molecular weight excluding hydrogens is 180 g/mol. The molecule has 0 heterocycles. The van der Waals surface area contributed by atoms with Crippen molar-refractivity contribution in [2.24, 2.45) is 0 Å². The van der Waals surface area contributed by atoms with Gasteiger partial charge in [0.15, 0.2) is 0 Å². The van der Waals surface area contributed by atoms with E-state index in [2.05, 4.69) is 11.8 Å². The minimum atomic E-state index is -0.919. The van der Waals surface area contributed by atoms with E-state index in [1.54, 1.807) is 0 Å². The first-order chi connectivity index (χ1) is 6.79. The highest BCUT2D eigenvalue weighted by Crippen LogP contribution is 2.07. The van der Waals surface area contributed by atoms with Crippen molar-refractivity contribution in [2.75, 3.05) is 6.61 Å². The Balaban J connectivity index is 2.27. The third-order valence-corrected chi connectivity index (χ3v) is 1.42. The summed E-state index contributed by atoms with van der Waals surface area (Å²) in [6.07, 6.45) is -0.141. The van der Waals surface area contributed by atoms with Crippen molar-refractivity contribution in [3.8, 4) is 17.6 Å². The van der Waals surface area contributed by atoms with Gasteiger partial charge >= 0.3 is 5.97 Å². The minimum absolute atomic E-state index is 0.141. The fourth-order valence-electron chi connectivity index (χ4n) is 0.825. The molecule has 0 radical (unpaired) electrons. The van der Waals surface area contributed by atoms with E-state index >= 15 is 0 Å². The monoisotopic (exact) mass is 190 g/mol. The van der Waals surface area contributed by atoms with E-state index in [4.69, 9.17) is 9.84 Å². The summed E-state index contributed by atoms with van der Waals surface area (Å²) in [5.74, 6) is 4.91. The molecule has 72 valence electrons. The van der Waals surface area contributed by atoms with Crippen LogP contribution in [0.5, 0.6) is 5.75 Å². The number of carboxylic acids is 1. The first kappa shape index (κ1) is 10.1. The van der Waals surface area contributed by atoms with E-state index < -0.39 is 5.97 Å². The lowest BCUT2D eigenvalue weighted by atomic mass is 10.3. The number of aliphatic carboxylic acids is 1. The summed E-state index contributed by atoms with van der Waals surface area (Å²) in [5.41, 5.74) is 0. The summed E-state index contributed by atoms with van der Waals surface area (Å²) >= 11 is 0. The highest BCUT2D eigenvalue weighted by molar-refractivity contribution is 5.69. The lowest BCUT2D eigenvalue weighted by Gasteiger charge is -1.99. The number of hydrogen-bond donors (Lipinski definition) is 1. The average molecular weight is 190 g/mol.